The van der Waals surface area contributed by atoms with Crippen LogP contribution in [0.1, 0.15) is 40.3 Å². The highest BCUT2D eigenvalue weighted by atomic mass is 16.2. The van der Waals surface area contributed by atoms with Crippen molar-refractivity contribution in [3.8, 4) is 0 Å². The monoisotopic (exact) mass is 375 g/mol. The van der Waals surface area contributed by atoms with E-state index >= 15 is 0 Å². The van der Waals surface area contributed by atoms with Gasteiger partial charge < -0.3 is 9.80 Å². The second-order valence-electron chi connectivity index (χ2n) is 7.49. The number of fused-ring (bicyclic) bond motifs is 1. The van der Waals surface area contributed by atoms with Crippen molar-refractivity contribution in [2.24, 2.45) is 0 Å². The number of benzene rings is 1. The summed E-state index contributed by atoms with van der Waals surface area (Å²) in [7, 11) is 1.79. The van der Waals surface area contributed by atoms with Gasteiger partial charge in [0.1, 0.15) is 5.82 Å². The third kappa shape index (κ3) is 3.54. The van der Waals surface area contributed by atoms with E-state index in [1.54, 1.807) is 11.9 Å². The Morgan fingerprint density at radius 3 is 2.50 bits per heavy atom. The van der Waals surface area contributed by atoms with Gasteiger partial charge in [0.05, 0.1) is 5.39 Å². The molecule has 0 radical (unpaired) electrons. The average Bonchev–Trinajstić information content (AvgIpc) is 3.21. The number of rotatable bonds is 4. The number of pyridine rings is 1. The van der Waals surface area contributed by atoms with Crippen molar-refractivity contribution < 1.29 is 4.79 Å². The lowest BCUT2D eigenvalue weighted by atomic mass is 10.1. The summed E-state index contributed by atoms with van der Waals surface area (Å²) in [4.78, 5) is 30.9. The molecular formula is C22H25N5O. The van der Waals surface area contributed by atoms with Gasteiger partial charge in [0.25, 0.3) is 5.91 Å². The van der Waals surface area contributed by atoms with Crippen molar-refractivity contribution in [1.29, 1.82) is 0 Å². The SMILES string of the molecule is Cc1cc(C)c2c(N3CCCC3)nc(C(=O)N(C)Cc3ccccc3)nc2n1. The topological polar surface area (TPSA) is 62.2 Å². The summed E-state index contributed by atoms with van der Waals surface area (Å²) in [6.07, 6.45) is 2.28. The van der Waals surface area contributed by atoms with Gasteiger partial charge in [0, 0.05) is 32.4 Å². The summed E-state index contributed by atoms with van der Waals surface area (Å²) in [5.41, 5.74) is 3.67. The van der Waals surface area contributed by atoms with Gasteiger partial charge >= 0.3 is 0 Å². The fourth-order valence-corrected chi connectivity index (χ4v) is 3.81. The summed E-state index contributed by atoms with van der Waals surface area (Å²) in [5, 5.41) is 0.953. The number of aryl methyl sites for hydroxylation is 2. The van der Waals surface area contributed by atoms with Crippen LogP contribution in [0, 0.1) is 13.8 Å². The lowest BCUT2D eigenvalue weighted by molar-refractivity contribution is 0.0773. The molecule has 28 heavy (non-hydrogen) atoms. The fourth-order valence-electron chi connectivity index (χ4n) is 3.81. The van der Waals surface area contributed by atoms with E-state index in [1.807, 2.05) is 43.3 Å². The molecule has 6 nitrogen and oxygen atoms in total. The zero-order valence-electron chi connectivity index (χ0n) is 16.6. The van der Waals surface area contributed by atoms with Crippen LogP contribution < -0.4 is 4.90 Å². The Balaban J connectivity index is 1.75. The number of aromatic nitrogens is 3. The molecule has 0 saturated carbocycles. The zero-order valence-corrected chi connectivity index (χ0v) is 16.6. The number of amides is 1. The summed E-state index contributed by atoms with van der Waals surface area (Å²) < 4.78 is 0. The highest BCUT2D eigenvalue weighted by molar-refractivity contribution is 5.96. The van der Waals surface area contributed by atoms with E-state index in [0.29, 0.717) is 12.2 Å². The van der Waals surface area contributed by atoms with Crippen molar-refractivity contribution in [3.05, 3.63) is 59.0 Å². The Kier molecular flexibility index (Phi) is 4.94. The molecule has 0 bridgehead atoms. The van der Waals surface area contributed by atoms with Crippen LogP contribution in [0.3, 0.4) is 0 Å². The van der Waals surface area contributed by atoms with Crippen molar-refractivity contribution in [1.82, 2.24) is 19.9 Å². The molecule has 1 saturated heterocycles. The van der Waals surface area contributed by atoms with Crippen LogP contribution in [0.15, 0.2) is 36.4 Å². The van der Waals surface area contributed by atoms with Crippen LogP contribution >= 0.6 is 0 Å². The van der Waals surface area contributed by atoms with Gasteiger partial charge in [-0.25, -0.2) is 15.0 Å². The van der Waals surface area contributed by atoms with Crippen LogP contribution in [-0.2, 0) is 6.54 Å². The minimum absolute atomic E-state index is 0.188. The Hall–Kier alpha value is -3.02. The molecule has 3 heterocycles. The molecule has 1 fully saturated rings. The second kappa shape index (κ2) is 7.54. The predicted octanol–water partition coefficient (Wildman–Crippen LogP) is 3.51. The molecule has 0 unspecified atom stereocenters. The first-order valence-corrected chi connectivity index (χ1v) is 9.73. The first-order chi connectivity index (χ1) is 13.5. The van der Waals surface area contributed by atoms with Crippen molar-refractivity contribution >= 4 is 22.8 Å². The first-order valence-electron chi connectivity index (χ1n) is 9.73. The van der Waals surface area contributed by atoms with Gasteiger partial charge in [-0.1, -0.05) is 30.3 Å². The molecule has 0 aliphatic carbocycles. The maximum Gasteiger partial charge on any atom is 0.291 e. The van der Waals surface area contributed by atoms with Crippen molar-refractivity contribution in [3.63, 3.8) is 0 Å². The Morgan fingerprint density at radius 2 is 1.79 bits per heavy atom. The normalized spacial score (nSPS) is 13.9. The molecule has 1 aliphatic heterocycles. The number of carbonyl (C=O) groups excluding carboxylic acids is 1. The third-order valence-corrected chi connectivity index (χ3v) is 5.18. The Labute approximate surface area is 165 Å². The minimum atomic E-state index is -0.188. The number of carbonyl (C=O) groups is 1. The highest BCUT2D eigenvalue weighted by Crippen LogP contribution is 2.29. The minimum Gasteiger partial charge on any atom is -0.356 e. The van der Waals surface area contributed by atoms with Crippen LogP contribution in [0.25, 0.3) is 11.0 Å². The van der Waals surface area contributed by atoms with E-state index in [9.17, 15) is 4.79 Å². The highest BCUT2D eigenvalue weighted by Gasteiger charge is 2.24. The predicted molar refractivity (Wildman–Crippen MR) is 110 cm³/mol. The molecule has 3 aromatic rings. The molecule has 144 valence electrons. The lowest BCUT2D eigenvalue weighted by Crippen LogP contribution is -2.29. The maximum atomic E-state index is 13.1. The van der Waals surface area contributed by atoms with E-state index in [2.05, 4.69) is 21.8 Å². The van der Waals surface area contributed by atoms with Crippen LogP contribution in [0.5, 0.6) is 0 Å². The molecule has 0 atom stereocenters. The van der Waals surface area contributed by atoms with Gasteiger partial charge in [0.15, 0.2) is 5.65 Å². The van der Waals surface area contributed by atoms with Gasteiger partial charge in [0.2, 0.25) is 5.82 Å². The molecule has 4 rings (SSSR count). The molecule has 2 aromatic heterocycles. The number of nitrogens with zero attached hydrogens (tertiary/aromatic N) is 5. The molecule has 0 spiro atoms. The average molecular weight is 375 g/mol. The molecule has 1 amide bonds. The van der Waals surface area contributed by atoms with Gasteiger partial charge in [-0.2, -0.15) is 0 Å². The van der Waals surface area contributed by atoms with Crippen molar-refractivity contribution in [2.75, 3.05) is 25.0 Å². The lowest BCUT2D eigenvalue weighted by Gasteiger charge is -2.21. The van der Waals surface area contributed by atoms with Gasteiger partial charge in [-0.05, 0) is 43.9 Å². The third-order valence-electron chi connectivity index (χ3n) is 5.18. The molecule has 6 heteroatoms. The smallest absolute Gasteiger partial charge is 0.291 e. The summed E-state index contributed by atoms with van der Waals surface area (Å²) in [6, 6.07) is 12.0. The number of hydrogen-bond donors (Lipinski definition) is 0. The van der Waals surface area contributed by atoms with Crippen molar-refractivity contribution in [2.45, 2.75) is 33.2 Å². The van der Waals surface area contributed by atoms with E-state index in [1.165, 1.54) is 0 Å². The number of anilines is 1. The quantitative estimate of drug-likeness (QED) is 0.698. The van der Waals surface area contributed by atoms with E-state index in [0.717, 1.165) is 54.0 Å². The van der Waals surface area contributed by atoms with Crippen LogP contribution in [0.4, 0.5) is 5.82 Å². The standard InChI is InChI=1S/C22H25N5O/c1-15-13-16(2)23-19-18(15)21(27-11-7-8-12-27)25-20(24-19)22(28)26(3)14-17-9-5-4-6-10-17/h4-6,9-10,13H,7-8,11-12,14H2,1-3H3. The van der Waals surface area contributed by atoms with Crippen LogP contribution in [-0.4, -0.2) is 45.9 Å². The van der Waals surface area contributed by atoms with E-state index < -0.39 is 0 Å². The fraction of sp³-hybridized carbons (Fsp3) is 0.364. The van der Waals surface area contributed by atoms with Gasteiger partial charge in [-0.3, -0.25) is 4.79 Å². The zero-order chi connectivity index (χ0) is 19.7. The largest absolute Gasteiger partial charge is 0.356 e. The first kappa shape index (κ1) is 18.3. The summed E-state index contributed by atoms with van der Waals surface area (Å²) in [5.74, 6) is 0.862. The summed E-state index contributed by atoms with van der Waals surface area (Å²) in [6.45, 7) is 6.43. The van der Waals surface area contributed by atoms with E-state index in [-0.39, 0.29) is 11.7 Å². The van der Waals surface area contributed by atoms with E-state index in [4.69, 9.17) is 4.98 Å². The Morgan fingerprint density at radius 1 is 1.07 bits per heavy atom. The number of hydrogen-bond acceptors (Lipinski definition) is 5. The summed E-state index contributed by atoms with van der Waals surface area (Å²) >= 11 is 0. The van der Waals surface area contributed by atoms with Crippen LogP contribution in [0.2, 0.25) is 0 Å². The van der Waals surface area contributed by atoms with Gasteiger partial charge in [-0.15, -0.1) is 0 Å². The molecule has 0 N–H and O–H groups in total. The molecule has 1 aliphatic rings. The molecular weight excluding hydrogens is 350 g/mol. The maximum absolute atomic E-state index is 13.1. The Bertz CT molecular complexity index is 1010. The molecule has 1 aromatic carbocycles. The second-order valence-corrected chi connectivity index (χ2v) is 7.49.